The summed E-state index contributed by atoms with van der Waals surface area (Å²) in [5.74, 6) is 1.08. The number of benzene rings is 1. The van der Waals surface area contributed by atoms with Gasteiger partial charge in [0.15, 0.2) is 5.82 Å². The van der Waals surface area contributed by atoms with E-state index in [1.54, 1.807) is 18.3 Å². The summed E-state index contributed by atoms with van der Waals surface area (Å²) in [4.78, 5) is 20.5. The van der Waals surface area contributed by atoms with Gasteiger partial charge < -0.3 is 14.6 Å². The number of nitrogens with one attached hydrogen (secondary N) is 1. The highest BCUT2D eigenvalue weighted by molar-refractivity contribution is 5.77. The smallest absolute Gasteiger partial charge is 0.276 e. The Bertz CT molecular complexity index is 845. The van der Waals surface area contributed by atoms with Gasteiger partial charge in [0.05, 0.1) is 18.7 Å². The van der Waals surface area contributed by atoms with Crippen molar-refractivity contribution in [2.45, 2.75) is 32.9 Å². The summed E-state index contributed by atoms with van der Waals surface area (Å²) in [5.41, 5.74) is 1.56. The number of amides is 1. The highest BCUT2D eigenvalue weighted by Gasteiger charge is 2.13. The average Bonchev–Trinajstić information content (AvgIpc) is 3.09. The Morgan fingerprint density at radius 3 is 2.69 bits per heavy atom. The van der Waals surface area contributed by atoms with Crippen molar-refractivity contribution in [3.8, 4) is 17.3 Å². The quantitative estimate of drug-likeness (QED) is 0.703. The maximum atomic E-state index is 12.0. The second-order valence-corrected chi connectivity index (χ2v) is 6.00. The van der Waals surface area contributed by atoms with Crippen molar-refractivity contribution in [1.82, 2.24) is 20.4 Å². The first-order valence-corrected chi connectivity index (χ1v) is 8.36. The molecule has 1 amide bonds. The summed E-state index contributed by atoms with van der Waals surface area (Å²) >= 11 is 0. The van der Waals surface area contributed by atoms with Gasteiger partial charge in [-0.1, -0.05) is 35.5 Å². The molecule has 0 aliphatic rings. The van der Waals surface area contributed by atoms with Gasteiger partial charge in [0, 0.05) is 6.54 Å². The molecule has 3 aromatic rings. The molecule has 0 aliphatic heterocycles. The first-order valence-electron chi connectivity index (χ1n) is 8.36. The number of nitrogens with zero attached hydrogens (tertiary/aromatic N) is 3. The Labute approximate surface area is 151 Å². The molecule has 2 aromatic heterocycles. The molecule has 0 atom stereocenters. The summed E-state index contributed by atoms with van der Waals surface area (Å²) in [6.45, 7) is 4.35. The van der Waals surface area contributed by atoms with Crippen molar-refractivity contribution >= 4 is 5.91 Å². The fourth-order valence-electron chi connectivity index (χ4n) is 2.28. The molecule has 7 heteroatoms. The zero-order valence-electron chi connectivity index (χ0n) is 14.7. The Balaban J connectivity index is 1.56. The topological polar surface area (TPSA) is 90.1 Å². The van der Waals surface area contributed by atoms with E-state index in [9.17, 15) is 4.79 Å². The van der Waals surface area contributed by atoms with Gasteiger partial charge in [0.25, 0.3) is 5.89 Å². The van der Waals surface area contributed by atoms with Crippen LogP contribution in [0, 0.1) is 0 Å². The maximum Gasteiger partial charge on any atom is 0.276 e. The lowest BCUT2D eigenvalue weighted by Crippen LogP contribution is -2.24. The maximum absolute atomic E-state index is 12.0. The number of carbonyl (C=O) groups is 1. The highest BCUT2D eigenvalue weighted by atomic mass is 16.5. The van der Waals surface area contributed by atoms with Gasteiger partial charge in [-0.15, -0.1) is 0 Å². The van der Waals surface area contributed by atoms with Crippen molar-refractivity contribution in [3.05, 3.63) is 60.0 Å². The van der Waals surface area contributed by atoms with Gasteiger partial charge in [0.2, 0.25) is 5.91 Å². The van der Waals surface area contributed by atoms with Gasteiger partial charge in [-0.05, 0) is 31.5 Å². The predicted octanol–water partition coefficient (Wildman–Crippen LogP) is 2.78. The van der Waals surface area contributed by atoms with Crippen LogP contribution in [0.1, 0.15) is 25.2 Å². The summed E-state index contributed by atoms with van der Waals surface area (Å²) in [6.07, 6.45) is 1.73. The normalized spacial score (nSPS) is 10.7. The van der Waals surface area contributed by atoms with E-state index in [0.717, 1.165) is 5.56 Å². The lowest BCUT2D eigenvalue weighted by Gasteiger charge is -2.08. The van der Waals surface area contributed by atoms with Crippen LogP contribution < -0.4 is 10.1 Å². The minimum Gasteiger partial charge on any atom is -0.489 e. The lowest BCUT2D eigenvalue weighted by molar-refractivity contribution is -0.120. The van der Waals surface area contributed by atoms with E-state index in [1.807, 2.05) is 44.2 Å². The SMILES string of the molecule is CC(C)Oc1ccc(-c2nc(CC(=O)NCc3ccccc3)no2)nc1. The minimum atomic E-state index is -0.171. The van der Waals surface area contributed by atoms with Crippen LogP contribution in [-0.2, 0) is 17.8 Å². The van der Waals surface area contributed by atoms with E-state index in [1.165, 1.54) is 0 Å². The van der Waals surface area contributed by atoms with E-state index in [0.29, 0.717) is 23.8 Å². The molecule has 0 fully saturated rings. The van der Waals surface area contributed by atoms with E-state index >= 15 is 0 Å². The number of hydrogen-bond donors (Lipinski definition) is 1. The summed E-state index contributed by atoms with van der Waals surface area (Å²) in [5, 5.41) is 6.67. The molecule has 0 saturated heterocycles. The average molecular weight is 352 g/mol. The molecule has 134 valence electrons. The van der Waals surface area contributed by atoms with E-state index in [4.69, 9.17) is 9.26 Å². The van der Waals surface area contributed by atoms with Crippen molar-refractivity contribution < 1.29 is 14.1 Å². The molecule has 0 saturated carbocycles. The number of aromatic nitrogens is 3. The molecular weight excluding hydrogens is 332 g/mol. The summed E-state index contributed by atoms with van der Waals surface area (Å²) < 4.78 is 10.7. The number of ether oxygens (including phenoxy) is 1. The van der Waals surface area contributed by atoms with Gasteiger partial charge in [-0.2, -0.15) is 4.98 Å². The van der Waals surface area contributed by atoms with E-state index in [2.05, 4.69) is 20.4 Å². The zero-order chi connectivity index (χ0) is 18.4. The largest absolute Gasteiger partial charge is 0.489 e. The van der Waals surface area contributed by atoms with Gasteiger partial charge >= 0.3 is 0 Å². The summed E-state index contributed by atoms with van der Waals surface area (Å²) in [7, 11) is 0. The molecule has 2 heterocycles. The molecule has 0 radical (unpaired) electrons. The molecule has 26 heavy (non-hydrogen) atoms. The number of hydrogen-bond acceptors (Lipinski definition) is 6. The van der Waals surface area contributed by atoms with Crippen molar-refractivity contribution in [2.24, 2.45) is 0 Å². The first-order chi connectivity index (χ1) is 12.6. The molecule has 1 N–H and O–H groups in total. The Hall–Kier alpha value is -3.22. The van der Waals surface area contributed by atoms with Crippen molar-refractivity contribution in [1.29, 1.82) is 0 Å². The molecule has 0 spiro atoms. The Kier molecular flexibility index (Phi) is 5.58. The molecular formula is C19H20N4O3. The molecule has 0 unspecified atom stereocenters. The van der Waals surface area contributed by atoms with Gasteiger partial charge in [0.1, 0.15) is 11.4 Å². The predicted molar refractivity (Wildman–Crippen MR) is 95.3 cm³/mol. The Morgan fingerprint density at radius 2 is 2.00 bits per heavy atom. The third kappa shape index (κ3) is 4.89. The fourth-order valence-corrected chi connectivity index (χ4v) is 2.28. The van der Waals surface area contributed by atoms with Crippen molar-refractivity contribution in [2.75, 3.05) is 0 Å². The third-order valence-electron chi connectivity index (χ3n) is 3.45. The number of pyridine rings is 1. The zero-order valence-corrected chi connectivity index (χ0v) is 14.7. The third-order valence-corrected chi connectivity index (χ3v) is 3.45. The van der Waals surface area contributed by atoms with Crippen LogP contribution in [0.4, 0.5) is 0 Å². The van der Waals surface area contributed by atoms with Crippen LogP contribution in [0.3, 0.4) is 0 Å². The molecule has 1 aromatic carbocycles. The molecule has 3 rings (SSSR count). The van der Waals surface area contributed by atoms with E-state index < -0.39 is 0 Å². The van der Waals surface area contributed by atoms with Crippen molar-refractivity contribution in [3.63, 3.8) is 0 Å². The number of rotatable bonds is 7. The monoisotopic (exact) mass is 352 g/mol. The van der Waals surface area contributed by atoms with Crippen LogP contribution in [-0.4, -0.2) is 27.1 Å². The van der Waals surface area contributed by atoms with Gasteiger partial charge in [-0.25, -0.2) is 4.98 Å². The minimum absolute atomic E-state index is 0.0465. The standard InChI is InChI=1S/C19H20N4O3/c1-13(2)25-15-8-9-16(20-12-15)19-22-17(23-26-19)10-18(24)21-11-14-6-4-3-5-7-14/h3-9,12-13H,10-11H2,1-2H3,(H,21,24). The second kappa shape index (κ2) is 8.24. The number of carbonyl (C=O) groups excluding carboxylic acids is 1. The first kappa shape index (κ1) is 17.6. The van der Waals surface area contributed by atoms with Crippen LogP contribution in [0.25, 0.3) is 11.6 Å². The fraction of sp³-hybridized carbons (Fsp3) is 0.263. The van der Waals surface area contributed by atoms with Crippen LogP contribution >= 0.6 is 0 Å². The highest BCUT2D eigenvalue weighted by Crippen LogP contribution is 2.18. The van der Waals surface area contributed by atoms with Crippen LogP contribution in [0.15, 0.2) is 53.2 Å². The molecule has 0 aliphatic carbocycles. The van der Waals surface area contributed by atoms with Crippen LogP contribution in [0.2, 0.25) is 0 Å². The summed E-state index contributed by atoms with van der Waals surface area (Å²) in [6, 6.07) is 13.2. The molecule has 0 bridgehead atoms. The second-order valence-electron chi connectivity index (χ2n) is 6.00. The Morgan fingerprint density at radius 1 is 1.19 bits per heavy atom. The van der Waals surface area contributed by atoms with E-state index in [-0.39, 0.29) is 24.3 Å². The van der Waals surface area contributed by atoms with Gasteiger partial charge in [-0.3, -0.25) is 4.79 Å². The molecule has 7 nitrogen and oxygen atoms in total. The lowest BCUT2D eigenvalue weighted by atomic mass is 10.2. The van der Waals surface area contributed by atoms with Crippen LogP contribution in [0.5, 0.6) is 5.75 Å².